The van der Waals surface area contributed by atoms with Gasteiger partial charge in [-0.2, -0.15) is 4.31 Å². The number of carbonyl (C=O) groups is 2. The number of piperidine rings is 1. The molecule has 7 nitrogen and oxygen atoms in total. The Kier molecular flexibility index (Phi) is 6.94. The molecule has 1 aromatic carbocycles. The molecule has 0 saturated carbocycles. The molecule has 1 aliphatic rings. The zero-order valence-electron chi connectivity index (χ0n) is 15.7. The van der Waals surface area contributed by atoms with Gasteiger partial charge in [0.15, 0.2) is 6.10 Å². The van der Waals surface area contributed by atoms with Crippen LogP contribution in [0.15, 0.2) is 46.0 Å². The second kappa shape index (κ2) is 9.25. The molecule has 2 aromatic rings. The zero-order valence-corrected chi connectivity index (χ0v) is 18.1. The van der Waals surface area contributed by atoms with Crippen LogP contribution in [0.1, 0.15) is 19.8 Å². The van der Waals surface area contributed by atoms with Crippen LogP contribution in [-0.4, -0.2) is 43.8 Å². The van der Waals surface area contributed by atoms with Crippen LogP contribution in [0, 0.1) is 5.92 Å². The summed E-state index contributed by atoms with van der Waals surface area (Å²) >= 11 is 7.06. The Labute approximate surface area is 178 Å². The number of anilines is 1. The lowest BCUT2D eigenvalue weighted by Crippen LogP contribution is -2.41. The summed E-state index contributed by atoms with van der Waals surface area (Å²) < 4.78 is 32.1. The SMILES string of the molecule is CC(OC(=O)C1CCN(S(=O)(=O)c2cccs2)CC1)C(=O)Nc1cccc(Cl)c1. The monoisotopic (exact) mass is 456 g/mol. The fourth-order valence-corrected chi connectivity index (χ4v) is 5.81. The molecule has 1 N–H and O–H groups in total. The lowest BCUT2D eigenvalue weighted by Gasteiger charge is -2.30. The first kappa shape index (κ1) is 21.8. The van der Waals surface area contributed by atoms with E-state index in [1.165, 1.54) is 22.6 Å². The Morgan fingerprint density at radius 1 is 1.24 bits per heavy atom. The molecular weight excluding hydrogens is 436 g/mol. The molecular formula is C19H21ClN2O5S2. The maximum atomic E-state index is 12.5. The first-order valence-corrected chi connectivity index (χ1v) is 11.8. The van der Waals surface area contributed by atoms with Gasteiger partial charge < -0.3 is 10.1 Å². The first-order valence-electron chi connectivity index (χ1n) is 9.08. The topological polar surface area (TPSA) is 92.8 Å². The first-order chi connectivity index (χ1) is 13.8. The zero-order chi connectivity index (χ0) is 21.0. The lowest BCUT2D eigenvalue weighted by molar-refractivity contribution is -0.158. The Morgan fingerprint density at radius 3 is 2.59 bits per heavy atom. The van der Waals surface area contributed by atoms with Crippen molar-refractivity contribution in [1.29, 1.82) is 0 Å². The number of esters is 1. The van der Waals surface area contributed by atoms with E-state index in [4.69, 9.17) is 16.3 Å². The van der Waals surface area contributed by atoms with Crippen LogP contribution in [0.4, 0.5) is 5.69 Å². The molecule has 10 heteroatoms. The van der Waals surface area contributed by atoms with E-state index >= 15 is 0 Å². The molecule has 29 heavy (non-hydrogen) atoms. The van der Waals surface area contributed by atoms with Gasteiger partial charge in [-0.3, -0.25) is 9.59 Å². The van der Waals surface area contributed by atoms with E-state index in [1.54, 1.807) is 41.8 Å². The van der Waals surface area contributed by atoms with E-state index in [1.807, 2.05) is 0 Å². The third-order valence-corrected chi connectivity index (χ3v) is 8.14. The largest absolute Gasteiger partial charge is 0.452 e. The number of hydrogen-bond acceptors (Lipinski definition) is 6. The van der Waals surface area contributed by atoms with Gasteiger partial charge in [0.05, 0.1) is 5.92 Å². The minimum atomic E-state index is -3.52. The molecule has 0 aliphatic carbocycles. The quantitative estimate of drug-likeness (QED) is 0.672. The van der Waals surface area contributed by atoms with Gasteiger partial charge in [-0.25, -0.2) is 8.42 Å². The van der Waals surface area contributed by atoms with Crippen LogP contribution in [-0.2, 0) is 24.3 Å². The van der Waals surface area contributed by atoms with Crippen molar-refractivity contribution < 1.29 is 22.7 Å². The van der Waals surface area contributed by atoms with E-state index in [0.29, 0.717) is 27.8 Å². The number of benzene rings is 1. The van der Waals surface area contributed by atoms with Crippen LogP contribution < -0.4 is 5.32 Å². The highest BCUT2D eigenvalue weighted by Gasteiger charge is 2.34. The smallest absolute Gasteiger partial charge is 0.309 e. The standard InChI is InChI=1S/C19H21ClN2O5S2/c1-13(18(23)21-16-5-2-4-15(20)12-16)27-19(24)14-7-9-22(10-8-14)29(25,26)17-6-3-11-28-17/h2-6,11-14H,7-10H2,1H3,(H,21,23). The molecule has 1 unspecified atom stereocenters. The molecule has 1 aliphatic heterocycles. The van der Waals surface area contributed by atoms with Gasteiger partial charge in [-0.15, -0.1) is 11.3 Å². The van der Waals surface area contributed by atoms with Crippen molar-refractivity contribution in [3.8, 4) is 0 Å². The van der Waals surface area contributed by atoms with Crippen LogP contribution in [0.3, 0.4) is 0 Å². The summed E-state index contributed by atoms with van der Waals surface area (Å²) in [6.45, 7) is 1.97. The minimum absolute atomic E-state index is 0.239. The molecule has 0 radical (unpaired) electrons. The number of thiophene rings is 1. The van der Waals surface area contributed by atoms with Gasteiger partial charge in [0.1, 0.15) is 4.21 Å². The van der Waals surface area contributed by atoms with Gasteiger partial charge in [0, 0.05) is 23.8 Å². The predicted octanol–water partition coefficient (Wildman–Crippen LogP) is 3.37. The fourth-order valence-electron chi connectivity index (χ4n) is 3.00. The molecule has 156 valence electrons. The second-order valence-electron chi connectivity index (χ2n) is 6.69. The van der Waals surface area contributed by atoms with Crippen LogP contribution in [0.5, 0.6) is 0 Å². The van der Waals surface area contributed by atoms with Crippen molar-refractivity contribution in [2.45, 2.75) is 30.1 Å². The fraction of sp³-hybridized carbons (Fsp3) is 0.368. The molecule has 3 rings (SSSR count). The number of hydrogen-bond donors (Lipinski definition) is 1. The molecule has 1 aromatic heterocycles. The summed E-state index contributed by atoms with van der Waals surface area (Å²) in [5.74, 6) is -1.39. The van der Waals surface area contributed by atoms with Crippen molar-refractivity contribution in [2.75, 3.05) is 18.4 Å². The highest BCUT2D eigenvalue weighted by atomic mass is 35.5. The van der Waals surface area contributed by atoms with Gasteiger partial charge in [0.2, 0.25) is 0 Å². The number of nitrogens with one attached hydrogen (secondary N) is 1. The van der Waals surface area contributed by atoms with Crippen molar-refractivity contribution in [2.24, 2.45) is 5.92 Å². The van der Waals surface area contributed by atoms with Crippen molar-refractivity contribution >= 4 is 50.5 Å². The normalized spacial score (nSPS) is 16.9. The van der Waals surface area contributed by atoms with Crippen LogP contribution in [0.2, 0.25) is 5.02 Å². The highest BCUT2D eigenvalue weighted by molar-refractivity contribution is 7.91. The summed E-state index contributed by atoms with van der Waals surface area (Å²) in [5, 5.41) is 4.84. The Hall–Kier alpha value is -1.94. The molecule has 0 bridgehead atoms. The van der Waals surface area contributed by atoms with Gasteiger partial charge in [0.25, 0.3) is 15.9 Å². The van der Waals surface area contributed by atoms with E-state index in [-0.39, 0.29) is 13.1 Å². The number of halogens is 1. The Bertz CT molecular complexity index is 970. The minimum Gasteiger partial charge on any atom is -0.452 e. The average molecular weight is 457 g/mol. The van der Waals surface area contributed by atoms with E-state index in [0.717, 1.165) is 0 Å². The highest BCUT2D eigenvalue weighted by Crippen LogP contribution is 2.27. The Balaban J connectivity index is 1.51. The molecule has 2 heterocycles. The van der Waals surface area contributed by atoms with Crippen molar-refractivity contribution in [3.63, 3.8) is 0 Å². The van der Waals surface area contributed by atoms with Gasteiger partial charge in [-0.1, -0.05) is 23.7 Å². The van der Waals surface area contributed by atoms with Crippen molar-refractivity contribution in [3.05, 3.63) is 46.8 Å². The lowest BCUT2D eigenvalue weighted by atomic mass is 9.98. The number of ether oxygens (including phenoxy) is 1. The van der Waals surface area contributed by atoms with Gasteiger partial charge in [-0.05, 0) is 49.4 Å². The second-order valence-corrected chi connectivity index (χ2v) is 10.2. The van der Waals surface area contributed by atoms with Crippen molar-refractivity contribution in [1.82, 2.24) is 4.31 Å². The summed E-state index contributed by atoms with van der Waals surface area (Å²) in [5.41, 5.74) is 0.512. The number of carbonyl (C=O) groups excluding carboxylic acids is 2. The number of nitrogens with zero attached hydrogens (tertiary/aromatic N) is 1. The predicted molar refractivity (Wildman–Crippen MR) is 111 cm³/mol. The number of sulfonamides is 1. The summed E-state index contributed by atoms with van der Waals surface area (Å²) in [6.07, 6.45) is -0.271. The van der Waals surface area contributed by atoms with Crippen LogP contribution in [0.25, 0.3) is 0 Å². The summed E-state index contributed by atoms with van der Waals surface area (Å²) in [6, 6.07) is 9.93. The summed E-state index contributed by atoms with van der Waals surface area (Å²) in [4.78, 5) is 24.7. The maximum Gasteiger partial charge on any atom is 0.309 e. The average Bonchev–Trinajstić information content (AvgIpc) is 3.23. The third-order valence-electron chi connectivity index (χ3n) is 4.63. The maximum absolute atomic E-state index is 12.5. The Morgan fingerprint density at radius 2 is 1.97 bits per heavy atom. The van der Waals surface area contributed by atoms with E-state index in [2.05, 4.69) is 5.32 Å². The van der Waals surface area contributed by atoms with E-state index in [9.17, 15) is 18.0 Å². The molecule has 1 saturated heterocycles. The number of amides is 1. The molecule has 1 fully saturated rings. The molecule has 0 spiro atoms. The number of rotatable bonds is 6. The van der Waals surface area contributed by atoms with Crippen LogP contribution >= 0.6 is 22.9 Å². The molecule has 1 atom stereocenters. The van der Waals surface area contributed by atoms with Gasteiger partial charge >= 0.3 is 5.97 Å². The third kappa shape index (κ3) is 5.36. The molecule has 1 amide bonds. The van der Waals surface area contributed by atoms with E-state index < -0.39 is 33.9 Å². The summed E-state index contributed by atoms with van der Waals surface area (Å²) in [7, 11) is -3.52.